The Hall–Kier alpha value is -3.14. The molecule has 0 spiro atoms. The molecular formula is C15H14N4O3. The van der Waals surface area contributed by atoms with Crippen LogP contribution in [0.15, 0.2) is 30.3 Å². The molecule has 0 saturated carbocycles. The van der Waals surface area contributed by atoms with E-state index in [2.05, 4.69) is 11.1 Å². The largest absolute Gasteiger partial charge is 0.439 e. The SMILES string of the molecule is CC(C)c1cc(Oc2ccc([N+](=O)[O-])c(N)n2)ccc1C#N. The molecule has 112 valence electrons. The lowest BCUT2D eigenvalue weighted by Crippen LogP contribution is -2.00. The molecule has 7 heteroatoms. The van der Waals surface area contributed by atoms with Crippen molar-refractivity contribution in [1.82, 2.24) is 4.98 Å². The van der Waals surface area contributed by atoms with Crippen molar-refractivity contribution in [3.63, 3.8) is 0 Å². The van der Waals surface area contributed by atoms with Gasteiger partial charge in [-0.2, -0.15) is 10.2 Å². The number of pyridine rings is 1. The fraction of sp³-hybridized carbons (Fsp3) is 0.200. The number of hydrogen-bond donors (Lipinski definition) is 1. The second kappa shape index (κ2) is 6.10. The molecule has 2 aromatic rings. The van der Waals surface area contributed by atoms with Crippen LogP contribution in [0.25, 0.3) is 0 Å². The molecule has 0 aliphatic carbocycles. The van der Waals surface area contributed by atoms with E-state index in [9.17, 15) is 10.1 Å². The van der Waals surface area contributed by atoms with Gasteiger partial charge < -0.3 is 10.5 Å². The highest BCUT2D eigenvalue weighted by Gasteiger charge is 2.14. The van der Waals surface area contributed by atoms with Crippen molar-refractivity contribution >= 4 is 11.5 Å². The van der Waals surface area contributed by atoms with E-state index in [-0.39, 0.29) is 23.3 Å². The van der Waals surface area contributed by atoms with E-state index in [1.54, 1.807) is 18.2 Å². The van der Waals surface area contributed by atoms with Gasteiger partial charge in [0.2, 0.25) is 11.7 Å². The summed E-state index contributed by atoms with van der Waals surface area (Å²) < 4.78 is 5.56. The summed E-state index contributed by atoms with van der Waals surface area (Å²) in [4.78, 5) is 13.9. The number of nitriles is 1. The predicted molar refractivity (Wildman–Crippen MR) is 80.6 cm³/mol. The van der Waals surface area contributed by atoms with Gasteiger partial charge in [0.15, 0.2) is 0 Å². The first-order valence-electron chi connectivity index (χ1n) is 6.55. The van der Waals surface area contributed by atoms with Crippen LogP contribution in [0.2, 0.25) is 0 Å². The quantitative estimate of drug-likeness (QED) is 0.683. The molecule has 7 nitrogen and oxygen atoms in total. The lowest BCUT2D eigenvalue weighted by atomic mass is 9.98. The van der Waals surface area contributed by atoms with Crippen LogP contribution in [-0.2, 0) is 0 Å². The number of hydrogen-bond acceptors (Lipinski definition) is 6. The fourth-order valence-corrected chi connectivity index (χ4v) is 1.96. The number of ether oxygens (including phenoxy) is 1. The van der Waals surface area contributed by atoms with Crippen LogP contribution in [0, 0.1) is 21.4 Å². The topological polar surface area (TPSA) is 115 Å². The highest BCUT2D eigenvalue weighted by atomic mass is 16.6. The molecule has 2 N–H and O–H groups in total. The van der Waals surface area contributed by atoms with E-state index < -0.39 is 4.92 Å². The van der Waals surface area contributed by atoms with Crippen molar-refractivity contribution in [2.75, 3.05) is 5.73 Å². The molecule has 22 heavy (non-hydrogen) atoms. The number of anilines is 1. The zero-order chi connectivity index (χ0) is 16.3. The first-order chi connectivity index (χ1) is 10.4. The van der Waals surface area contributed by atoms with Crippen LogP contribution >= 0.6 is 0 Å². The van der Waals surface area contributed by atoms with Crippen molar-refractivity contribution in [2.45, 2.75) is 19.8 Å². The Labute approximate surface area is 127 Å². The van der Waals surface area contributed by atoms with Crippen LogP contribution in [0.3, 0.4) is 0 Å². The average Bonchev–Trinajstić information content (AvgIpc) is 2.46. The fourth-order valence-electron chi connectivity index (χ4n) is 1.96. The van der Waals surface area contributed by atoms with Gasteiger partial charge in [-0.3, -0.25) is 10.1 Å². The number of rotatable bonds is 4. The van der Waals surface area contributed by atoms with Gasteiger partial charge in [0.05, 0.1) is 16.6 Å². The molecule has 0 bridgehead atoms. The van der Waals surface area contributed by atoms with Crippen molar-refractivity contribution in [3.05, 3.63) is 51.6 Å². The van der Waals surface area contributed by atoms with Crippen molar-refractivity contribution in [3.8, 4) is 17.7 Å². The Morgan fingerprint density at radius 3 is 2.64 bits per heavy atom. The predicted octanol–water partition coefficient (Wildman–Crippen LogP) is 3.36. The second-order valence-corrected chi connectivity index (χ2v) is 4.93. The van der Waals surface area contributed by atoms with E-state index in [4.69, 9.17) is 15.7 Å². The molecule has 0 radical (unpaired) electrons. The van der Waals surface area contributed by atoms with Gasteiger partial charge >= 0.3 is 5.69 Å². The van der Waals surface area contributed by atoms with Crippen LogP contribution < -0.4 is 10.5 Å². The molecule has 0 aliphatic rings. The molecule has 0 unspecified atom stereocenters. The highest BCUT2D eigenvalue weighted by Crippen LogP contribution is 2.29. The lowest BCUT2D eigenvalue weighted by molar-refractivity contribution is -0.384. The lowest BCUT2D eigenvalue weighted by Gasteiger charge is -2.11. The maximum absolute atomic E-state index is 10.7. The minimum atomic E-state index is -0.606. The summed E-state index contributed by atoms with van der Waals surface area (Å²) in [6.07, 6.45) is 0. The second-order valence-electron chi connectivity index (χ2n) is 4.93. The van der Waals surface area contributed by atoms with Crippen molar-refractivity contribution in [1.29, 1.82) is 5.26 Å². The zero-order valence-electron chi connectivity index (χ0n) is 12.1. The summed E-state index contributed by atoms with van der Waals surface area (Å²) in [7, 11) is 0. The number of benzene rings is 1. The third kappa shape index (κ3) is 3.12. The molecule has 1 aromatic carbocycles. The van der Waals surface area contributed by atoms with E-state index >= 15 is 0 Å². The minimum absolute atomic E-state index is 0.155. The van der Waals surface area contributed by atoms with Gasteiger partial charge in [-0.1, -0.05) is 13.8 Å². The van der Waals surface area contributed by atoms with Gasteiger partial charge in [0.25, 0.3) is 0 Å². The summed E-state index contributed by atoms with van der Waals surface area (Å²) in [5, 5.41) is 19.8. The average molecular weight is 298 g/mol. The molecule has 0 fully saturated rings. The minimum Gasteiger partial charge on any atom is -0.439 e. The Bertz CT molecular complexity index is 766. The van der Waals surface area contributed by atoms with Gasteiger partial charge in [-0.05, 0) is 29.7 Å². The molecule has 0 aliphatic heterocycles. The van der Waals surface area contributed by atoms with E-state index in [0.29, 0.717) is 11.3 Å². The number of nitrogens with two attached hydrogens (primary N) is 1. The standard InChI is InChI=1S/C15H14N4O3/c1-9(2)12-7-11(4-3-10(12)8-16)22-14-6-5-13(19(20)21)15(17)18-14/h3-7,9H,1-2H3,(H2,17,18). The molecule has 1 heterocycles. The number of nitro groups is 1. The number of nitrogens with zero attached hydrogens (tertiary/aromatic N) is 3. The number of nitrogen functional groups attached to an aromatic ring is 1. The molecular weight excluding hydrogens is 284 g/mol. The van der Waals surface area contributed by atoms with Crippen molar-refractivity contribution < 1.29 is 9.66 Å². The van der Waals surface area contributed by atoms with Crippen LogP contribution in [0.4, 0.5) is 11.5 Å². The molecule has 0 atom stereocenters. The van der Waals surface area contributed by atoms with E-state index in [1.807, 2.05) is 13.8 Å². The summed E-state index contributed by atoms with van der Waals surface area (Å²) in [6, 6.07) is 9.81. The van der Waals surface area contributed by atoms with E-state index in [1.165, 1.54) is 12.1 Å². The molecule has 0 amide bonds. The maximum Gasteiger partial charge on any atom is 0.311 e. The Morgan fingerprint density at radius 2 is 2.09 bits per heavy atom. The highest BCUT2D eigenvalue weighted by molar-refractivity contribution is 5.54. The summed E-state index contributed by atoms with van der Waals surface area (Å²) in [5.74, 6) is 0.597. The van der Waals surface area contributed by atoms with Crippen molar-refractivity contribution in [2.24, 2.45) is 0 Å². The first kappa shape index (κ1) is 15.3. The monoisotopic (exact) mass is 298 g/mol. The Kier molecular flexibility index (Phi) is 4.23. The van der Waals surface area contributed by atoms with Gasteiger partial charge in [-0.15, -0.1) is 0 Å². The molecule has 0 saturated heterocycles. The maximum atomic E-state index is 10.7. The van der Waals surface area contributed by atoms with Crippen LogP contribution in [0.1, 0.15) is 30.9 Å². The molecule has 1 aromatic heterocycles. The van der Waals surface area contributed by atoms with E-state index in [0.717, 1.165) is 5.56 Å². The first-order valence-corrected chi connectivity index (χ1v) is 6.55. The summed E-state index contributed by atoms with van der Waals surface area (Å²) in [6.45, 7) is 3.95. The third-order valence-electron chi connectivity index (χ3n) is 3.06. The number of aromatic nitrogens is 1. The van der Waals surface area contributed by atoms with Crippen LogP contribution in [0.5, 0.6) is 11.6 Å². The third-order valence-corrected chi connectivity index (χ3v) is 3.06. The normalized spacial score (nSPS) is 10.3. The van der Waals surface area contributed by atoms with Gasteiger partial charge in [0.1, 0.15) is 5.75 Å². The van der Waals surface area contributed by atoms with Gasteiger partial charge in [0, 0.05) is 12.1 Å². The smallest absolute Gasteiger partial charge is 0.311 e. The Balaban J connectivity index is 2.32. The van der Waals surface area contributed by atoms with Gasteiger partial charge in [-0.25, -0.2) is 0 Å². The molecule has 2 rings (SSSR count). The van der Waals surface area contributed by atoms with Crippen LogP contribution in [-0.4, -0.2) is 9.91 Å². The summed E-state index contributed by atoms with van der Waals surface area (Å²) in [5.41, 5.74) is 6.69. The zero-order valence-corrected chi connectivity index (χ0v) is 12.1. The Morgan fingerprint density at radius 1 is 1.36 bits per heavy atom. The summed E-state index contributed by atoms with van der Waals surface area (Å²) >= 11 is 0.